The monoisotopic (exact) mass is 476 g/mol. The zero-order chi connectivity index (χ0) is 15.6. The fraction of sp³-hybridized carbons (Fsp3) is 0.333. The number of hydrogen-bond donors (Lipinski definition) is 0. The molecule has 2 rings (SSSR count). The van der Waals surface area contributed by atoms with Gasteiger partial charge in [-0.15, -0.1) is 0 Å². The Morgan fingerprint density at radius 3 is 2.29 bits per heavy atom. The molecule has 0 fully saturated rings. The van der Waals surface area contributed by atoms with Gasteiger partial charge in [0.05, 0.1) is 22.3 Å². The van der Waals surface area contributed by atoms with Crippen LogP contribution >= 0.6 is 47.8 Å². The molecular formula is C15H15Br3N2O. The van der Waals surface area contributed by atoms with Crippen molar-refractivity contribution < 1.29 is 4.79 Å². The predicted molar refractivity (Wildman–Crippen MR) is 94.9 cm³/mol. The van der Waals surface area contributed by atoms with Crippen LogP contribution in [0.15, 0.2) is 31.6 Å². The van der Waals surface area contributed by atoms with Gasteiger partial charge in [0, 0.05) is 21.1 Å². The van der Waals surface area contributed by atoms with Gasteiger partial charge in [-0.3, -0.25) is 9.48 Å². The van der Waals surface area contributed by atoms with E-state index in [1.165, 1.54) is 0 Å². The van der Waals surface area contributed by atoms with Gasteiger partial charge in [-0.25, -0.2) is 0 Å². The molecule has 0 radical (unpaired) electrons. The quantitative estimate of drug-likeness (QED) is 0.555. The second-order valence-corrected chi connectivity index (χ2v) is 7.26. The summed E-state index contributed by atoms with van der Waals surface area (Å²) < 4.78 is 4.62. The Bertz CT molecular complexity index is 660. The number of carbonyl (C=O) groups excluding carboxylic acids is 1. The van der Waals surface area contributed by atoms with Crippen LogP contribution in [0.1, 0.15) is 35.6 Å². The van der Waals surface area contributed by atoms with E-state index >= 15 is 0 Å². The lowest BCUT2D eigenvalue weighted by Crippen LogP contribution is -2.10. The Labute approximate surface area is 149 Å². The summed E-state index contributed by atoms with van der Waals surface area (Å²) in [5.74, 6) is 0.0787. The van der Waals surface area contributed by atoms with E-state index in [0.29, 0.717) is 12.0 Å². The maximum atomic E-state index is 12.5. The normalized spacial score (nSPS) is 10.9. The third-order valence-electron chi connectivity index (χ3n) is 3.21. The van der Waals surface area contributed by atoms with Gasteiger partial charge in [0.2, 0.25) is 0 Å². The topological polar surface area (TPSA) is 34.9 Å². The van der Waals surface area contributed by atoms with E-state index in [-0.39, 0.29) is 5.78 Å². The highest BCUT2D eigenvalue weighted by Gasteiger charge is 2.18. The Balaban J connectivity index is 2.33. The van der Waals surface area contributed by atoms with Crippen molar-refractivity contribution in [1.29, 1.82) is 0 Å². The van der Waals surface area contributed by atoms with Crippen LogP contribution in [0.3, 0.4) is 0 Å². The lowest BCUT2D eigenvalue weighted by molar-refractivity contribution is 0.0990. The summed E-state index contributed by atoms with van der Waals surface area (Å²) in [4.78, 5) is 12.5. The van der Waals surface area contributed by atoms with Crippen molar-refractivity contribution in [3.63, 3.8) is 0 Å². The Hall–Kier alpha value is -0.460. The fourth-order valence-electron chi connectivity index (χ4n) is 2.16. The fourth-order valence-corrected chi connectivity index (χ4v) is 4.15. The molecule has 0 N–H and O–H groups in total. The first kappa shape index (κ1) is 16.9. The highest BCUT2D eigenvalue weighted by atomic mass is 79.9. The molecule has 1 aromatic heterocycles. The molecule has 21 heavy (non-hydrogen) atoms. The van der Waals surface area contributed by atoms with Crippen molar-refractivity contribution in [3.05, 3.63) is 48.6 Å². The maximum absolute atomic E-state index is 12.5. The number of benzene rings is 1. The van der Waals surface area contributed by atoms with Crippen LogP contribution in [-0.4, -0.2) is 15.6 Å². The predicted octanol–water partition coefficient (Wildman–Crippen LogP) is 5.18. The Kier molecular flexibility index (Phi) is 5.80. The lowest BCUT2D eigenvalue weighted by atomic mass is 10.1. The molecule has 0 spiro atoms. The van der Waals surface area contributed by atoms with E-state index in [4.69, 9.17) is 0 Å². The van der Waals surface area contributed by atoms with Gasteiger partial charge in [-0.1, -0.05) is 38.8 Å². The number of halogens is 3. The van der Waals surface area contributed by atoms with Crippen LogP contribution in [0.25, 0.3) is 0 Å². The summed E-state index contributed by atoms with van der Waals surface area (Å²) in [7, 11) is 0. The minimum Gasteiger partial charge on any atom is -0.294 e. The Morgan fingerprint density at radius 1 is 1.14 bits per heavy atom. The van der Waals surface area contributed by atoms with Gasteiger partial charge in [0.1, 0.15) is 0 Å². The van der Waals surface area contributed by atoms with Crippen LogP contribution in [0.5, 0.6) is 0 Å². The van der Waals surface area contributed by atoms with Crippen molar-refractivity contribution in [1.82, 2.24) is 9.78 Å². The minimum absolute atomic E-state index is 0.0787. The molecule has 0 unspecified atom stereocenters. The highest BCUT2D eigenvalue weighted by Crippen LogP contribution is 2.25. The van der Waals surface area contributed by atoms with Crippen molar-refractivity contribution in [2.24, 2.45) is 0 Å². The van der Waals surface area contributed by atoms with E-state index in [9.17, 15) is 4.79 Å². The summed E-state index contributed by atoms with van der Waals surface area (Å²) >= 11 is 10.4. The van der Waals surface area contributed by atoms with E-state index in [0.717, 1.165) is 37.8 Å². The molecule has 6 heteroatoms. The first-order valence-electron chi connectivity index (χ1n) is 6.69. The standard InChI is InChI=1S/C15H15Br3N2O/c1-3-12-15(18)13(20(4-2)19-12)8-14(21)9-5-10(16)7-11(17)6-9/h5-7H,3-4,8H2,1-2H3. The SMILES string of the molecule is CCc1nn(CC)c(CC(=O)c2cc(Br)cc(Br)c2)c1Br. The number of hydrogen-bond acceptors (Lipinski definition) is 2. The van der Waals surface area contributed by atoms with Crippen LogP contribution in [0, 0.1) is 0 Å². The molecule has 1 aromatic carbocycles. The molecule has 112 valence electrons. The average Bonchev–Trinajstić information content (AvgIpc) is 2.74. The third kappa shape index (κ3) is 3.85. The van der Waals surface area contributed by atoms with E-state index in [1.54, 1.807) is 0 Å². The van der Waals surface area contributed by atoms with Gasteiger partial charge in [-0.05, 0) is 47.5 Å². The average molecular weight is 479 g/mol. The molecule has 0 saturated carbocycles. The molecule has 0 aliphatic heterocycles. The second kappa shape index (κ2) is 7.20. The highest BCUT2D eigenvalue weighted by molar-refractivity contribution is 9.11. The summed E-state index contributed by atoms with van der Waals surface area (Å²) in [6, 6.07) is 5.60. The van der Waals surface area contributed by atoms with Crippen LogP contribution < -0.4 is 0 Å². The Morgan fingerprint density at radius 2 is 1.76 bits per heavy atom. The van der Waals surface area contributed by atoms with E-state index in [2.05, 4.69) is 59.8 Å². The number of Topliss-reactive ketones (excluding diaryl/α,β-unsaturated/α-hetero) is 1. The van der Waals surface area contributed by atoms with Crippen LogP contribution in [0.4, 0.5) is 0 Å². The zero-order valence-electron chi connectivity index (χ0n) is 11.8. The van der Waals surface area contributed by atoms with Crippen LogP contribution in [-0.2, 0) is 19.4 Å². The summed E-state index contributed by atoms with van der Waals surface area (Å²) in [5.41, 5.74) is 2.62. The summed E-state index contributed by atoms with van der Waals surface area (Å²) in [5, 5.41) is 4.53. The molecule has 1 heterocycles. The third-order valence-corrected chi connectivity index (χ3v) is 5.04. The molecule has 3 nitrogen and oxygen atoms in total. The number of rotatable bonds is 5. The van der Waals surface area contributed by atoms with E-state index in [1.807, 2.05) is 29.8 Å². The summed E-state index contributed by atoms with van der Waals surface area (Å²) in [6.07, 6.45) is 1.18. The van der Waals surface area contributed by atoms with Crippen LogP contribution in [0.2, 0.25) is 0 Å². The maximum Gasteiger partial charge on any atom is 0.168 e. The van der Waals surface area contributed by atoms with Crippen molar-refractivity contribution in [2.45, 2.75) is 33.2 Å². The largest absolute Gasteiger partial charge is 0.294 e. The van der Waals surface area contributed by atoms with Gasteiger partial charge in [0.15, 0.2) is 5.78 Å². The molecule has 0 atom stereocenters. The molecule has 0 aliphatic carbocycles. The second-order valence-electron chi connectivity index (χ2n) is 4.63. The van der Waals surface area contributed by atoms with E-state index < -0.39 is 0 Å². The van der Waals surface area contributed by atoms with Gasteiger partial charge in [0.25, 0.3) is 0 Å². The van der Waals surface area contributed by atoms with Crippen molar-refractivity contribution in [2.75, 3.05) is 0 Å². The molecule has 0 amide bonds. The number of aryl methyl sites for hydroxylation is 2. The van der Waals surface area contributed by atoms with Gasteiger partial charge < -0.3 is 0 Å². The van der Waals surface area contributed by atoms with Crippen molar-refractivity contribution >= 4 is 53.6 Å². The summed E-state index contributed by atoms with van der Waals surface area (Å²) in [6.45, 7) is 4.84. The van der Waals surface area contributed by atoms with Crippen molar-refractivity contribution in [3.8, 4) is 0 Å². The smallest absolute Gasteiger partial charge is 0.168 e. The first-order chi connectivity index (χ1) is 9.96. The van der Waals surface area contributed by atoms with Gasteiger partial charge >= 0.3 is 0 Å². The lowest BCUT2D eigenvalue weighted by Gasteiger charge is -2.06. The number of nitrogens with zero attached hydrogens (tertiary/aromatic N) is 2. The minimum atomic E-state index is 0.0787. The number of ketones is 1. The number of carbonyl (C=O) groups is 1. The molecule has 2 aromatic rings. The molecule has 0 aliphatic rings. The molecular weight excluding hydrogens is 464 g/mol. The zero-order valence-corrected chi connectivity index (χ0v) is 16.5. The first-order valence-corrected chi connectivity index (χ1v) is 9.07. The van der Waals surface area contributed by atoms with Gasteiger partial charge in [-0.2, -0.15) is 5.10 Å². The number of aromatic nitrogens is 2. The molecule has 0 bridgehead atoms. The molecule has 0 saturated heterocycles.